The number of benzene rings is 1. The molecular weight excluding hydrogens is 284 g/mol. The number of amides is 1. The van der Waals surface area contributed by atoms with Crippen LogP contribution in [0.1, 0.15) is 25.8 Å². The lowest BCUT2D eigenvalue weighted by molar-refractivity contribution is -0.904. The van der Waals surface area contributed by atoms with Crippen molar-refractivity contribution in [1.82, 2.24) is 5.32 Å². The molecule has 3 nitrogen and oxygen atoms in total. The molecule has 1 fully saturated rings. The summed E-state index contributed by atoms with van der Waals surface area (Å²) >= 11 is 5.95. The zero-order valence-corrected chi connectivity index (χ0v) is 13.7. The van der Waals surface area contributed by atoms with Gasteiger partial charge >= 0.3 is 0 Å². The molecule has 2 rings (SSSR count). The highest BCUT2D eigenvalue weighted by Gasteiger charge is 2.26. The normalized spacial score (nSPS) is 25.6. The van der Waals surface area contributed by atoms with E-state index in [4.69, 9.17) is 11.6 Å². The minimum atomic E-state index is 0.160. The van der Waals surface area contributed by atoms with Crippen LogP contribution in [0, 0.1) is 11.8 Å². The Morgan fingerprint density at radius 2 is 2.05 bits per heavy atom. The number of hydrogen-bond donors (Lipinski definition) is 2. The molecule has 1 saturated heterocycles. The lowest BCUT2D eigenvalue weighted by atomic mass is 9.92. The van der Waals surface area contributed by atoms with Crippen molar-refractivity contribution in [3.05, 3.63) is 34.9 Å². The van der Waals surface area contributed by atoms with E-state index in [1.807, 2.05) is 24.3 Å². The van der Waals surface area contributed by atoms with E-state index < -0.39 is 0 Å². The molecular formula is C17H26ClN2O+. The van der Waals surface area contributed by atoms with Gasteiger partial charge in [0.05, 0.1) is 13.1 Å². The van der Waals surface area contributed by atoms with Crippen LogP contribution in [0.2, 0.25) is 5.02 Å². The summed E-state index contributed by atoms with van der Waals surface area (Å²) < 4.78 is 0. The molecule has 1 aromatic rings. The highest BCUT2D eigenvalue weighted by atomic mass is 35.5. The summed E-state index contributed by atoms with van der Waals surface area (Å²) in [6.07, 6.45) is 2.12. The summed E-state index contributed by atoms with van der Waals surface area (Å²) in [4.78, 5) is 13.4. The number of rotatable bonds is 5. The highest BCUT2D eigenvalue weighted by molar-refractivity contribution is 6.30. The van der Waals surface area contributed by atoms with Gasteiger partial charge in [0.15, 0.2) is 6.54 Å². The molecule has 0 radical (unpaired) electrons. The van der Waals surface area contributed by atoms with E-state index in [-0.39, 0.29) is 5.91 Å². The van der Waals surface area contributed by atoms with Gasteiger partial charge < -0.3 is 10.2 Å². The van der Waals surface area contributed by atoms with Crippen LogP contribution < -0.4 is 10.2 Å². The third-order valence-electron chi connectivity index (χ3n) is 4.11. The van der Waals surface area contributed by atoms with Crippen molar-refractivity contribution in [3.63, 3.8) is 0 Å². The summed E-state index contributed by atoms with van der Waals surface area (Å²) in [5, 5.41) is 3.77. The van der Waals surface area contributed by atoms with Crippen molar-refractivity contribution in [1.29, 1.82) is 0 Å². The van der Waals surface area contributed by atoms with Gasteiger partial charge in [-0.1, -0.05) is 37.6 Å². The maximum Gasteiger partial charge on any atom is 0.275 e. The number of quaternary nitrogens is 1. The topological polar surface area (TPSA) is 33.5 Å². The molecule has 2 N–H and O–H groups in total. The monoisotopic (exact) mass is 309 g/mol. The van der Waals surface area contributed by atoms with Crippen molar-refractivity contribution in [2.45, 2.75) is 26.7 Å². The zero-order chi connectivity index (χ0) is 15.2. The summed E-state index contributed by atoms with van der Waals surface area (Å²) in [5.74, 6) is 1.61. The fraction of sp³-hybridized carbons (Fsp3) is 0.588. The second-order valence-corrected chi connectivity index (χ2v) is 6.95. The van der Waals surface area contributed by atoms with Crippen LogP contribution in [0.3, 0.4) is 0 Å². The first-order valence-corrected chi connectivity index (χ1v) is 8.25. The van der Waals surface area contributed by atoms with Crippen molar-refractivity contribution >= 4 is 17.5 Å². The molecule has 1 aliphatic rings. The molecule has 0 aliphatic carbocycles. The molecule has 21 heavy (non-hydrogen) atoms. The lowest BCUT2D eigenvalue weighted by Gasteiger charge is -2.31. The van der Waals surface area contributed by atoms with Crippen LogP contribution >= 0.6 is 11.6 Å². The first-order chi connectivity index (χ1) is 10.0. The number of carbonyl (C=O) groups is 1. The van der Waals surface area contributed by atoms with E-state index in [1.54, 1.807) is 0 Å². The third kappa shape index (κ3) is 5.68. The lowest BCUT2D eigenvalue weighted by Crippen LogP contribution is -3.15. The van der Waals surface area contributed by atoms with Crippen molar-refractivity contribution in [2.75, 3.05) is 26.2 Å². The summed E-state index contributed by atoms with van der Waals surface area (Å²) in [5.41, 5.74) is 1.16. The van der Waals surface area contributed by atoms with Gasteiger partial charge in [0, 0.05) is 23.4 Å². The second-order valence-electron chi connectivity index (χ2n) is 6.51. The first kappa shape index (κ1) is 16.3. The largest absolute Gasteiger partial charge is 0.351 e. The molecule has 0 bridgehead atoms. The van der Waals surface area contributed by atoms with Crippen LogP contribution in [0.4, 0.5) is 0 Å². The molecule has 0 unspecified atom stereocenters. The van der Waals surface area contributed by atoms with Gasteiger partial charge in [-0.3, -0.25) is 4.79 Å². The molecule has 1 amide bonds. The van der Waals surface area contributed by atoms with Crippen LogP contribution in [-0.4, -0.2) is 32.1 Å². The third-order valence-corrected chi connectivity index (χ3v) is 4.35. The smallest absolute Gasteiger partial charge is 0.275 e. The summed E-state index contributed by atoms with van der Waals surface area (Å²) in [7, 11) is 0. The Kier molecular flexibility index (Phi) is 6.07. The fourth-order valence-corrected chi connectivity index (χ4v) is 3.61. The Hall–Kier alpha value is -1.06. The predicted octanol–water partition coefficient (Wildman–Crippen LogP) is 1.56. The van der Waals surface area contributed by atoms with Gasteiger partial charge in [-0.05, 0) is 30.5 Å². The Morgan fingerprint density at radius 3 is 2.71 bits per heavy atom. The zero-order valence-electron chi connectivity index (χ0n) is 13.0. The van der Waals surface area contributed by atoms with E-state index in [0.29, 0.717) is 13.1 Å². The van der Waals surface area contributed by atoms with Crippen LogP contribution in [0.15, 0.2) is 24.3 Å². The first-order valence-electron chi connectivity index (χ1n) is 7.87. The number of likely N-dealkylation sites (tertiary alicyclic amines) is 1. The maximum absolute atomic E-state index is 12.0. The average Bonchev–Trinajstić information content (AvgIpc) is 2.37. The highest BCUT2D eigenvalue weighted by Crippen LogP contribution is 2.12. The van der Waals surface area contributed by atoms with Crippen LogP contribution in [-0.2, 0) is 11.2 Å². The second kappa shape index (κ2) is 7.81. The molecule has 2 atom stereocenters. The Bertz CT molecular complexity index is 468. The molecule has 116 valence electrons. The van der Waals surface area contributed by atoms with E-state index in [0.717, 1.165) is 41.9 Å². The number of hydrogen-bond acceptors (Lipinski definition) is 1. The van der Waals surface area contributed by atoms with Gasteiger partial charge in [0.25, 0.3) is 5.91 Å². The standard InChI is InChI=1S/C17H25ClN2O/c1-13-8-14(2)11-20(10-13)12-17(21)19-7-6-15-4-3-5-16(18)9-15/h3-5,9,13-14H,6-8,10-12H2,1-2H3,(H,19,21)/p+1/t13-,14-/m0/s1. The van der Waals surface area contributed by atoms with Gasteiger partial charge in [0.1, 0.15) is 0 Å². The van der Waals surface area contributed by atoms with Crippen molar-refractivity contribution in [2.24, 2.45) is 11.8 Å². The Balaban J connectivity index is 1.70. The quantitative estimate of drug-likeness (QED) is 0.850. The molecule has 1 heterocycles. The van der Waals surface area contributed by atoms with E-state index in [2.05, 4.69) is 19.2 Å². The summed E-state index contributed by atoms with van der Waals surface area (Å²) in [6.45, 7) is 8.08. The van der Waals surface area contributed by atoms with Gasteiger partial charge in [-0.25, -0.2) is 0 Å². The number of piperidine rings is 1. The maximum atomic E-state index is 12.0. The van der Waals surface area contributed by atoms with Gasteiger partial charge in [-0.2, -0.15) is 0 Å². The average molecular weight is 310 g/mol. The SMILES string of the molecule is C[C@H]1C[C@H](C)C[NH+](CC(=O)NCCc2cccc(Cl)c2)C1. The Morgan fingerprint density at radius 1 is 1.33 bits per heavy atom. The van der Waals surface area contributed by atoms with Crippen LogP contribution in [0.5, 0.6) is 0 Å². The van der Waals surface area contributed by atoms with Crippen molar-refractivity contribution in [3.8, 4) is 0 Å². The van der Waals surface area contributed by atoms with Gasteiger partial charge in [-0.15, -0.1) is 0 Å². The molecule has 4 heteroatoms. The molecule has 1 aromatic carbocycles. The predicted molar refractivity (Wildman–Crippen MR) is 86.7 cm³/mol. The summed E-state index contributed by atoms with van der Waals surface area (Å²) in [6, 6.07) is 7.80. The fourth-order valence-electron chi connectivity index (χ4n) is 3.40. The van der Waals surface area contributed by atoms with Crippen molar-refractivity contribution < 1.29 is 9.69 Å². The minimum Gasteiger partial charge on any atom is -0.351 e. The molecule has 0 saturated carbocycles. The molecule has 0 aromatic heterocycles. The van der Waals surface area contributed by atoms with E-state index >= 15 is 0 Å². The number of halogens is 1. The molecule has 0 spiro atoms. The minimum absolute atomic E-state index is 0.160. The van der Waals surface area contributed by atoms with E-state index in [1.165, 1.54) is 11.3 Å². The van der Waals surface area contributed by atoms with Gasteiger partial charge in [0.2, 0.25) is 0 Å². The van der Waals surface area contributed by atoms with E-state index in [9.17, 15) is 4.79 Å². The number of nitrogens with one attached hydrogen (secondary N) is 2. The van der Waals surface area contributed by atoms with Crippen LogP contribution in [0.25, 0.3) is 0 Å². The molecule has 1 aliphatic heterocycles. The number of carbonyl (C=O) groups excluding carboxylic acids is 1. The Labute approximate surface area is 132 Å².